The second-order valence-electron chi connectivity index (χ2n) is 6.04. The van der Waals surface area contributed by atoms with E-state index in [1.807, 2.05) is 25.2 Å². The molecule has 0 spiro atoms. The van der Waals surface area contributed by atoms with Gasteiger partial charge in [-0.05, 0) is 42.9 Å². The summed E-state index contributed by atoms with van der Waals surface area (Å²) in [6.07, 6.45) is 0. The Morgan fingerprint density at radius 3 is 2.38 bits per heavy atom. The van der Waals surface area contributed by atoms with Crippen LogP contribution < -0.4 is 10.1 Å². The van der Waals surface area contributed by atoms with Crippen molar-refractivity contribution < 1.29 is 4.74 Å². The Labute approximate surface area is 131 Å². The minimum atomic E-state index is -0.0259. The minimum absolute atomic E-state index is 0.0259. The molecule has 0 aliphatic carbocycles. The second-order valence-corrected chi connectivity index (χ2v) is 6.47. The molecule has 0 saturated heterocycles. The van der Waals surface area contributed by atoms with Crippen molar-refractivity contribution in [2.75, 3.05) is 7.05 Å². The molecule has 2 rings (SSSR count). The van der Waals surface area contributed by atoms with Crippen LogP contribution >= 0.6 is 11.6 Å². The summed E-state index contributed by atoms with van der Waals surface area (Å²) in [5.41, 5.74) is 2.14. The van der Waals surface area contributed by atoms with Crippen molar-refractivity contribution in [2.24, 2.45) is 0 Å². The molecular formula is C17H21ClN2O. The van der Waals surface area contributed by atoms with Crippen molar-refractivity contribution in [1.29, 1.82) is 0 Å². The van der Waals surface area contributed by atoms with E-state index >= 15 is 0 Å². The predicted octanol–water partition coefficient (Wildman–Crippen LogP) is 4.54. The highest BCUT2D eigenvalue weighted by Gasteiger charge is 2.17. The average molecular weight is 305 g/mol. The van der Waals surface area contributed by atoms with E-state index < -0.39 is 0 Å². The Hall–Kier alpha value is -1.58. The first-order chi connectivity index (χ1) is 9.88. The van der Waals surface area contributed by atoms with Crippen LogP contribution in [0.1, 0.15) is 32.0 Å². The van der Waals surface area contributed by atoms with Gasteiger partial charge in [0, 0.05) is 23.0 Å². The topological polar surface area (TPSA) is 34.1 Å². The molecule has 0 unspecified atom stereocenters. The summed E-state index contributed by atoms with van der Waals surface area (Å²) in [6.45, 7) is 7.21. The molecule has 0 atom stereocenters. The quantitative estimate of drug-likeness (QED) is 0.900. The lowest BCUT2D eigenvalue weighted by atomic mass is 9.91. The summed E-state index contributed by atoms with van der Waals surface area (Å²) in [6, 6.07) is 11.4. The van der Waals surface area contributed by atoms with Gasteiger partial charge >= 0.3 is 0 Å². The van der Waals surface area contributed by atoms with Crippen LogP contribution in [0.3, 0.4) is 0 Å². The fourth-order valence-corrected chi connectivity index (χ4v) is 2.05. The van der Waals surface area contributed by atoms with Gasteiger partial charge in [-0.15, -0.1) is 0 Å². The molecule has 4 heteroatoms. The summed E-state index contributed by atoms with van der Waals surface area (Å²) in [4.78, 5) is 4.62. The summed E-state index contributed by atoms with van der Waals surface area (Å²) in [7, 11) is 1.93. The largest absolute Gasteiger partial charge is 0.439 e. The van der Waals surface area contributed by atoms with Crippen LogP contribution in [0, 0.1) is 0 Å². The molecule has 0 bridgehead atoms. The lowest BCUT2D eigenvalue weighted by Gasteiger charge is -2.20. The van der Waals surface area contributed by atoms with Crippen LogP contribution in [0.2, 0.25) is 5.02 Å². The van der Waals surface area contributed by atoms with Crippen molar-refractivity contribution in [3.63, 3.8) is 0 Å². The van der Waals surface area contributed by atoms with Crippen LogP contribution in [0.15, 0.2) is 36.4 Å². The maximum Gasteiger partial charge on any atom is 0.219 e. The highest BCUT2D eigenvalue weighted by Crippen LogP contribution is 2.27. The molecule has 0 aliphatic rings. The van der Waals surface area contributed by atoms with E-state index in [9.17, 15) is 0 Å². The van der Waals surface area contributed by atoms with Crippen molar-refractivity contribution in [2.45, 2.75) is 32.7 Å². The summed E-state index contributed by atoms with van der Waals surface area (Å²) >= 11 is 5.89. The minimum Gasteiger partial charge on any atom is -0.439 e. The van der Waals surface area contributed by atoms with E-state index in [1.54, 1.807) is 12.1 Å². The molecule has 3 nitrogen and oxygen atoms in total. The van der Waals surface area contributed by atoms with Crippen LogP contribution in [-0.2, 0) is 12.0 Å². The SMILES string of the molecule is CNCc1cc(Oc2ccc(Cl)cc2)nc(C(C)(C)C)c1. The van der Waals surface area contributed by atoms with Gasteiger partial charge in [-0.3, -0.25) is 0 Å². The van der Waals surface area contributed by atoms with Gasteiger partial charge in [-0.2, -0.15) is 0 Å². The molecule has 1 heterocycles. The van der Waals surface area contributed by atoms with Gasteiger partial charge < -0.3 is 10.1 Å². The van der Waals surface area contributed by atoms with E-state index in [-0.39, 0.29) is 5.41 Å². The van der Waals surface area contributed by atoms with E-state index in [1.165, 1.54) is 0 Å². The van der Waals surface area contributed by atoms with Crippen LogP contribution in [0.5, 0.6) is 11.6 Å². The highest BCUT2D eigenvalue weighted by molar-refractivity contribution is 6.30. The molecule has 0 radical (unpaired) electrons. The fourth-order valence-electron chi connectivity index (χ4n) is 1.93. The Kier molecular flexibility index (Phi) is 4.86. The van der Waals surface area contributed by atoms with Crippen LogP contribution in [-0.4, -0.2) is 12.0 Å². The first-order valence-corrected chi connectivity index (χ1v) is 7.36. The Morgan fingerprint density at radius 1 is 1.14 bits per heavy atom. The monoisotopic (exact) mass is 304 g/mol. The number of benzene rings is 1. The smallest absolute Gasteiger partial charge is 0.219 e. The molecule has 112 valence electrons. The van der Waals surface area contributed by atoms with Gasteiger partial charge in [0.2, 0.25) is 5.88 Å². The molecule has 0 fully saturated rings. The van der Waals surface area contributed by atoms with Crippen molar-refractivity contribution >= 4 is 11.6 Å². The van der Waals surface area contributed by atoms with Gasteiger partial charge in [0.1, 0.15) is 5.75 Å². The third kappa shape index (κ3) is 4.45. The number of nitrogens with zero attached hydrogens (tertiary/aromatic N) is 1. The van der Waals surface area contributed by atoms with Gasteiger partial charge in [0.05, 0.1) is 5.69 Å². The third-order valence-electron chi connectivity index (χ3n) is 3.05. The summed E-state index contributed by atoms with van der Waals surface area (Å²) in [5, 5.41) is 3.85. The lowest BCUT2D eigenvalue weighted by Crippen LogP contribution is -2.15. The van der Waals surface area contributed by atoms with Gasteiger partial charge in [-0.25, -0.2) is 4.98 Å². The van der Waals surface area contributed by atoms with E-state index in [2.05, 4.69) is 37.1 Å². The van der Waals surface area contributed by atoms with Gasteiger partial charge in [0.25, 0.3) is 0 Å². The molecule has 2 aromatic rings. The number of halogens is 1. The number of aromatic nitrogens is 1. The zero-order chi connectivity index (χ0) is 15.5. The molecule has 0 saturated carbocycles. The first kappa shape index (κ1) is 15.8. The molecule has 1 N–H and O–H groups in total. The number of ether oxygens (including phenoxy) is 1. The van der Waals surface area contributed by atoms with E-state index in [4.69, 9.17) is 16.3 Å². The normalized spacial score (nSPS) is 11.5. The fraction of sp³-hybridized carbons (Fsp3) is 0.353. The molecule has 0 amide bonds. The number of hydrogen-bond acceptors (Lipinski definition) is 3. The number of hydrogen-bond donors (Lipinski definition) is 1. The van der Waals surface area contributed by atoms with Crippen molar-refractivity contribution in [3.8, 4) is 11.6 Å². The van der Waals surface area contributed by atoms with Gasteiger partial charge in [-0.1, -0.05) is 32.4 Å². The Morgan fingerprint density at radius 2 is 1.81 bits per heavy atom. The molecule has 1 aromatic carbocycles. The third-order valence-corrected chi connectivity index (χ3v) is 3.30. The predicted molar refractivity (Wildman–Crippen MR) is 87.2 cm³/mol. The standard InChI is InChI=1S/C17H21ClN2O/c1-17(2,3)15-9-12(11-19-4)10-16(20-15)21-14-7-5-13(18)6-8-14/h5-10,19H,11H2,1-4H3. The highest BCUT2D eigenvalue weighted by atomic mass is 35.5. The maximum atomic E-state index is 5.89. The van der Waals surface area contributed by atoms with E-state index in [0.29, 0.717) is 10.9 Å². The molecule has 21 heavy (non-hydrogen) atoms. The number of nitrogens with one attached hydrogen (secondary N) is 1. The zero-order valence-electron chi connectivity index (χ0n) is 12.9. The maximum absolute atomic E-state index is 5.89. The van der Waals surface area contributed by atoms with Crippen molar-refractivity contribution in [3.05, 3.63) is 52.7 Å². The number of pyridine rings is 1. The van der Waals surface area contributed by atoms with E-state index in [0.717, 1.165) is 23.6 Å². The molecule has 1 aromatic heterocycles. The van der Waals surface area contributed by atoms with Crippen LogP contribution in [0.4, 0.5) is 0 Å². The molecule has 0 aliphatic heterocycles. The van der Waals surface area contributed by atoms with Crippen LogP contribution in [0.25, 0.3) is 0 Å². The second kappa shape index (κ2) is 6.46. The summed E-state index contributed by atoms with van der Waals surface area (Å²) < 4.78 is 5.86. The summed E-state index contributed by atoms with van der Waals surface area (Å²) in [5.74, 6) is 1.34. The Bertz CT molecular complexity index is 603. The van der Waals surface area contributed by atoms with Crippen molar-refractivity contribution in [1.82, 2.24) is 10.3 Å². The zero-order valence-corrected chi connectivity index (χ0v) is 13.7. The first-order valence-electron chi connectivity index (χ1n) is 6.98. The van der Waals surface area contributed by atoms with Gasteiger partial charge in [0.15, 0.2) is 0 Å². The number of rotatable bonds is 4. The molecular weight excluding hydrogens is 284 g/mol. The Balaban J connectivity index is 2.33. The average Bonchev–Trinajstić information content (AvgIpc) is 2.41. The lowest BCUT2D eigenvalue weighted by molar-refractivity contribution is 0.450.